The van der Waals surface area contributed by atoms with E-state index in [0.29, 0.717) is 19.4 Å². The summed E-state index contributed by atoms with van der Waals surface area (Å²) in [4.78, 5) is 39.9. The van der Waals surface area contributed by atoms with Crippen molar-refractivity contribution in [1.29, 1.82) is 0 Å². The molecule has 0 bridgehead atoms. The summed E-state index contributed by atoms with van der Waals surface area (Å²) >= 11 is 0. The molecule has 2 fully saturated rings. The number of hydrogen-bond acceptors (Lipinski definition) is 5. The molecule has 1 aromatic carbocycles. The van der Waals surface area contributed by atoms with Gasteiger partial charge in [-0.2, -0.15) is 0 Å². The highest BCUT2D eigenvalue weighted by Gasteiger charge is 2.57. The second-order valence-electron chi connectivity index (χ2n) is 8.74. The van der Waals surface area contributed by atoms with E-state index in [-0.39, 0.29) is 19.7 Å². The van der Waals surface area contributed by atoms with E-state index in [4.69, 9.17) is 9.47 Å². The summed E-state index contributed by atoms with van der Waals surface area (Å²) in [5.41, 5.74) is -0.477. The topological polar surface area (TPSA) is 96.4 Å². The maximum atomic E-state index is 12.6. The van der Waals surface area contributed by atoms with Crippen LogP contribution in [-0.4, -0.2) is 64.3 Å². The van der Waals surface area contributed by atoms with Crippen LogP contribution in [0.15, 0.2) is 30.3 Å². The zero-order valence-corrected chi connectivity index (χ0v) is 17.1. The van der Waals surface area contributed by atoms with E-state index in [9.17, 15) is 19.5 Å². The van der Waals surface area contributed by atoms with Crippen molar-refractivity contribution in [3.63, 3.8) is 0 Å². The van der Waals surface area contributed by atoms with Crippen LogP contribution in [0.2, 0.25) is 0 Å². The first-order valence-electron chi connectivity index (χ1n) is 9.79. The first-order valence-corrected chi connectivity index (χ1v) is 9.79. The quantitative estimate of drug-likeness (QED) is 0.832. The number of hydrogen-bond donors (Lipinski definition) is 1. The Kier molecular flexibility index (Phi) is 5.73. The Bertz CT molecular complexity index is 775. The number of amides is 2. The highest BCUT2D eigenvalue weighted by molar-refractivity contribution is 5.82. The lowest BCUT2D eigenvalue weighted by atomic mass is 9.79. The molecular weight excluding hydrogens is 376 g/mol. The minimum Gasteiger partial charge on any atom is -0.480 e. The average Bonchev–Trinajstić information content (AvgIpc) is 3.24. The van der Waals surface area contributed by atoms with Gasteiger partial charge in [0, 0.05) is 25.0 Å². The fraction of sp³-hybridized carbons (Fsp3) is 0.571. The molecule has 2 atom stereocenters. The van der Waals surface area contributed by atoms with Gasteiger partial charge < -0.3 is 19.5 Å². The monoisotopic (exact) mass is 404 g/mol. The van der Waals surface area contributed by atoms with Crippen molar-refractivity contribution < 1.29 is 29.0 Å². The van der Waals surface area contributed by atoms with Gasteiger partial charge in [0.25, 0.3) is 0 Å². The summed E-state index contributed by atoms with van der Waals surface area (Å²) in [6.07, 6.45) is -0.0903. The summed E-state index contributed by atoms with van der Waals surface area (Å²) in [5, 5.41) is 9.87. The van der Waals surface area contributed by atoms with Crippen molar-refractivity contribution >= 4 is 18.2 Å². The van der Waals surface area contributed by atoms with E-state index in [1.54, 1.807) is 25.7 Å². The van der Waals surface area contributed by atoms with Crippen LogP contribution in [-0.2, 0) is 20.9 Å². The minimum atomic E-state index is -1.08. The van der Waals surface area contributed by atoms with Crippen molar-refractivity contribution in [2.75, 3.05) is 19.6 Å². The van der Waals surface area contributed by atoms with Crippen LogP contribution in [0, 0.1) is 5.41 Å². The molecule has 29 heavy (non-hydrogen) atoms. The van der Waals surface area contributed by atoms with Crippen LogP contribution in [0.1, 0.15) is 39.2 Å². The Labute approximate surface area is 170 Å². The largest absolute Gasteiger partial charge is 0.480 e. The van der Waals surface area contributed by atoms with Crippen molar-refractivity contribution in [3.05, 3.63) is 35.9 Å². The Morgan fingerprint density at radius 3 is 2.38 bits per heavy atom. The molecule has 0 radical (unpaired) electrons. The first kappa shape index (κ1) is 21.0. The standard InChI is InChI=1S/C21H28N2O6/c1-20(2,3)29-18(26)22-11-9-21(14-22)10-12-23(16(21)17(24)25)19(27)28-13-15-7-5-4-6-8-15/h4-8,16H,9-14H2,1-3H3,(H,24,25)/t16-,21-/m0/s1. The third-order valence-electron chi connectivity index (χ3n) is 5.45. The van der Waals surface area contributed by atoms with E-state index in [1.165, 1.54) is 4.90 Å². The SMILES string of the molecule is CC(C)(C)OC(=O)N1CC[C@]2(CCN(C(=O)OCc3ccccc3)[C@H]2C(=O)O)C1. The molecule has 8 heteroatoms. The van der Waals surface area contributed by atoms with E-state index < -0.39 is 35.2 Å². The summed E-state index contributed by atoms with van der Waals surface area (Å²) in [5.74, 6) is -1.08. The first-order chi connectivity index (χ1) is 13.6. The third kappa shape index (κ3) is 4.63. The van der Waals surface area contributed by atoms with Gasteiger partial charge >= 0.3 is 18.2 Å². The van der Waals surface area contributed by atoms with E-state index in [1.807, 2.05) is 30.3 Å². The molecule has 0 aromatic heterocycles. The van der Waals surface area contributed by atoms with Crippen molar-refractivity contribution in [1.82, 2.24) is 9.80 Å². The maximum Gasteiger partial charge on any atom is 0.410 e. The fourth-order valence-corrected chi connectivity index (χ4v) is 4.14. The second kappa shape index (κ2) is 7.93. The smallest absolute Gasteiger partial charge is 0.410 e. The van der Waals surface area contributed by atoms with Crippen LogP contribution in [0.5, 0.6) is 0 Å². The van der Waals surface area contributed by atoms with Crippen LogP contribution in [0.3, 0.4) is 0 Å². The molecule has 158 valence electrons. The highest BCUT2D eigenvalue weighted by atomic mass is 16.6. The Balaban J connectivity index is 1.68. The lowest BCUT2D eigenvalue weighted by molar-refractivity contribution is -0.145. The Morgan fingerprint density at radius 1 is 1.10 bits per heavy atom. The molecule has 2 saturated heterocycles. The van der Waals surface area contributed by atoms with Gasteiger partial charge in [0.05, 0.1) is 0 Å². The third-order valence-corrected chi connectivity index (χ3v) is 5.45. The summed E-state index contributed by atoms with van der Waals surface area (Å²) in [6, 6.07) is 8.20. The van der Waals surface area contributed by atoms with Gasteiger partial charge in [-0.1, -0.05) is 30.3 Å². The zero-order valence-electron chi connectivity index (χ0n) is 17.1. The Morgan fingerprint density at radius 2 is 1.76 bits per heavy atom. The van der Waals surface area contributed by atoms with E-state index in [0.717, 1.165) is 5.56 Å². The van der Waals surface area contributed by atoms with Crippen LogP contribution >= 0.6 is 0 Å². The normalized spacial score (nSPS) is 24.0. The number of carbonyl (C=O) groups is 3. The van der Waals surface area contributed by atoms with Crippen LogP contribution in [0.4, 0.5) is 9.59 Å². The molecule has 8 nitrogen and oxygen atoms in total. The molecule has 2 aliphatic rings. The minimum absolute atomic E-state index is 0.0829. The van der Waals surface area contributed by atoms with Gasteiger partial charge in [-0.05, 0) is 39.2 Å². The maximum absolute atomic E-state index is 12.6. The molecule has 0 saturated carbocycles. The number of carboxylic acids is 1. The average molecular weight is 404 g/mol. The fourth-order valence-electron chi connectivity index (χ4n) is 4.14. The number of rotatable bonds is 3. The second-order valence-corrected chi connectivity index (χ2v) is 8.74. The molecule has 0 unspecified atom stereocenters. The number of aliphatic carboxylic acids is 1. The predicted molar refractivity (Wildman–Crippen MR) is 104 cm³/mol. The number of carboxylic acid groups (broad SMARTS) is 1. The predicted octanol–water partition coefficient (Wildman–Crippen LogP) is 3.11. The molecule has 2 heterocycles. The molecule has 1 spiro atoms. The van der Waals surface area contributed by atoms with Crippen LogP contribution in [0.25, 0.3) is 0 Å². The molecule has 1 aromatic rings. The Hall–Kier alpha value is -2.77. The lowest BCUT2D eigenvalue weighted by Crippen LogP contribution is -2.49. The summed E-state index contributed by atoms with van der Waals surface area (Å²) in [6.45, 7) is 6.39. The molecule has 2 amide bonds. The molecular formula is C21H28N2O6. The number of likely N-dealkylation sites (tertiary alicyclic amines) is 2. The molecule has 2 aliphatic heterocycles. The van der Waals surface area contributed by atoms with Gasteiger partial charge in [-0.15, -0.1) is 0 Å². The van der Waals surface area contributed by atoms with Gasteiger partial charge in [0.1, 0.15) is 18.2 Å². The van der Waals surface area contributed by atoms with Crippen molar-refractivity contribution in [2.45, 2.75) is 51.9 Å². The number of carbonyl (C=O) groups excluding carboxylic acids is 2. The lowest BCUT2D eigenvalue weighted by Gasteiger charge is -2.31. The van der Waals surface area contributed by atoms with E-state index >= 15 is 0 Å². The number of ether oxygens (including phenoxy) is 2. The number of benzene rings is 1. The van der Waals surface area contributed by atoms with E-state index in [2.05, 4.69) is 0 Å². The highest BCUT2D eigenvalue weighted by Crippen LogP contribution is 2.45. The van der Waals surface area contributed by atoms with Crippen LogP contribution < -0.4 is 0 Å². The molecule has 0 aliphatic carbocycles. The summed E-state index contributed by atoms with van der Waals surface area (Å²) in [7, 11) is 0. The van der Waals surface area contributed by atoms with Crippen molar-refractivity contribution in [3.8, 4) is 0 Å². The van der Waals surface area contributed by atoms with Gasteiger partial charge in [-0.3, -0.25) is 4.90 Å². The van der Waals surface area contributed by atoms with Gasteiger partial charge in [0.15, 0.2) is 0 Å². The van der Waals surface area contributed by atoms with Crippen molar-refractivity contribution in [2.24, 2.45) is 5.41 Å². The molecule has 1 N–H and O–H groups in total. The zero-order chi connectivity index (χ0) is 21.2. The van der Waals surface area contributed by atoms with Gasteiger partial charge in [-0.25, -0.2) is 14.4 Å². The summed E-state index contributed by atoms with van der Waals surface area (Å²) < 4.78 is 10.8. The molecule has 3 rings (SSSR count). The van der Waals surface area contributed by atoms with Gasteiger partial charge in [0.2, 0.25) is 0 Å². The number of nitrogens with zero attached hydrogens (tertiary/aromatic N) is 2.